The highest BCUT2D eigenvalue weighted by molar-refractivity contribution is 7.17. The Labute approximate surface area is 153 Å². The van der Waals surface area contributed by atoms with E-state index in [1.807, 2.05) is 60.7 Å². The lowest BCUT2D eigenvalue weighted by molar-refractivity contribution is 0.414. The van der Waals surface area contributed by atoms with Gasteiger partial charge in [0.05, 0.1) is 12.1 Å². The number of methoxy groups -OCH3 is 1. The van der Waals surface area contributed by atoms with Gasteiger partial charge in [-0.1, -0.05) is 53.3 Å². The monoisotopic (exact) mass is 368 g/mol. The van der Waals surface area contributed by atoms with Crippen LogP contribution in [0.2, 0.25) is 5.02 Å². The Balaban J connectivity index is 1.71. The second-order valence-electron chi connectivity index (χ2n) is 5.21. The molecule has 5 nitrogen and oxygen atoms in total. The molecule has 0 aliphatic carbocycles. The second kappa shape index (κ2) is 6.66. The number of benzene rings is 2. The van der Waals surface area contributed by atoms with Gasteiger partial charge in [-0.05, 0) is 30.4 Å². The number of rotatable bonds is 4. The van der Waals surface area contributed by atoms with E-state index in [0.29, 0.717) is 10.8 Å². The molecular weight excluding hydrogens is 356 g/mol. The van der Waals surface area contributed by atoms with Crippen LogP contribution in [0.1, 0.15) is 10.6 Å². The van der Waals surface area contributed by atoms with Gasteiger partial charge in [0.2, 0.25) is 4.96 Å². The second-order valence-corrected chi connectivity index (χ2v) is 6.61. The Morgan fingerprint density at radius 1 is 1.04 bits per heavy atom. The molecule has 0 radical (unpaired) electrons. The molecule has 0 saturated heterocycles. The maximum atomic E-state index is 6.26. The molecule has 7 heteroatoms. The lowest BCUT2D eigenvalue weighted by Crippen LogP contribution is -1.91. The van der Waals surface area contributed by atoms with Gasteiger partial charge in [-0.3, -0.25) is 0 Å². The van der Waals surface area contributed by atoms with E-state index in [1.165, 1.54) is 11.3 Å². The third-order valence-corrected chi connectivity index (χ3v) is 4.86. The van der Waals surface area contributed by atoms with Gasteiger partial charge in [0.25, 0.3) is 0 Å². The van der Waals surface area contributed by atoms with Crippen LogP contribution in [0.25, 0.3) is 28.5 Å². The zero-order chi connectivity index (χ0) is 17.2. The fraction of sp³-hybridized carbons (Fsp3) is 0.0556. The molecule has 25 heavy (non-hydrogen) atoms. The van der Waals surface area contributed by atoms with Crippen molar-refractivity contribution in [2.45, 2.75) is 0 Å². The van der Waals surface area contributed by atoms with Crippen molar-refractivity contribution in [1.29, 1.82) is 0 Å². The van der Waals surface area contributed by atoms with Crippen molar-refractivity contribution >= 4 is 40.1 Å². The summed E-state index contributed by atoms with van der Waals surface area (Å²) in [7, 11) is 1.66. The van der Waals surface area contributed by atoms with E-state index in [4.69, 9.17) is 16.3 Å². The molecule has 0 aliphatic rings. The van der Waals surface area contributed by atoms with E-state index in [2.05, 4.69) is 15.3 Å². The first-order chi connectivity index (χ1) is 12.3. The number of para-hydroxylation sites is 1. The molecule has 2 aromatic heterocycles. The van der Waals surface area contributed by atoms with Crippen LogP contribution in [0.3, 0.4) is 0 Å². The summed E-state index contributed by atoms with van der Waals surface area (Å²) in [5, 5.41) is 14.4. The minimum Gasteiger partial charge on any atom is -0.496 e. The Morgan fingerprint density at radius 2 is 1.84 bits per heavy atom. The van der Waals surface area contributed by atoms with E-state index in [9.17, 15) is 0 Å². The van der Waals surface area contributed by atoms with Crippen LogP contribution in [0.5, 0.6) is 5.75 Å². The lowest BCUT2D eigenvalue weighted by Gasteiger charge is -2.02. The van der Waals surface area contributed by atoms with E-state index in [-0.39, 0.29) is 0 Å². The van der Waals surface area contributed by atoms with Crippen molar-refractivity contribution in [2.24, 2.45) is 0 Å². The summed E-state index contributed by atoms with van der Waals surface area (Å²) in [6, 6.07) is 15.4. The van der Waals surface area contributed by atoms with Gasteiger partial charge in [-0.2, -0.15) is 9.61 Å². The van der Waals surface area contributed by atoms with Crippen LogP contribution in [0.15, 0.2) is 48.5 Å². The van der Waals surface area contributed by atoms with Crippen molar-refractivity contribution in [3.63, 3.8) is 0 Å². The molecule has 0 fully saturated rings. The molecule has 0 N–H and O–H groups in total. The topological polar surface area (TPSA) is 52.3 Å². The van der Waals surface area contributed by atoms with Gasteiger partial charge in [0.1, 0.15) is 10.8 Å². The van der Waals surface area contributed by atoms with Gasteiger partial charge < -0.3 is 4.74 Å². The molecule has 0 unspecified atom stereocenters. The summed E-state index contributed by atoms with van der Waals surface area (Å²) in [6.07, 6.45) is 3.91. The fourth-order valence-corrected chi connectivity index (χ4v) is 3.44. The summed E-state index contributed by atoms with van der Waals surface area (Å²) in [5.74, 6) is 1.45. The van der Waals surface area contributed by atoms with Crippen molar-refractivity contribution in [1.82, 2.24) is 19.8 Å². The van der Waals surface area contributed by atoms with Crippen molar-refractivity contribution in [2.75, 3.05) is 7.11 Å². The maximum Gasteiger partial charge on any atom is 0.235 e. The smallest absolute Gasteiger partial charge is 0.235 e. The average molecular weight is 369 g/mol. The highest BCUT2D eigenvalue weighted by Gasteiger charge is 2.14. The molecule has 2 heterocycles. The van der Waals surface area contributed by atoms with Crippen LogP contribution < -0.4 is 4.74 Å². The van der Waals surface area contributed by atoms with Gasteiger partial charge >= 0.3 is 0 Å². The molecule has 0 atom stereocenters. The number of aromatic nitrogens is 4. The highest BCUT2D eigenvalue weighted by Crippen LogP contribution is 2.28. The van der Waals surface area contributed by atoms with Crippen molar-refractivity contribution < 1.29 is 4.74 Å². The average Bonchev–Trinajstić information content (AvgIpc) is 3.21. The Hall–Kier alpha value is -2.70. The molecule has 0 spiro atoms. The van der Waals surface area contributed by atoms with Gasteiger partial charge in [0, 0.05) is 11.1 Å². The van der Waals surface area contributed by atoms with Crippen LogP contribution in [-0.2, 0) is 0 Å². The summed E-state index contributed by atoms with van der Waals surface area (Å²) >= 11 is 7.72. The number of hydrogen-bond acceptors (Lipinski definition) is 5. The Kier molecular flexibility index (Phi) is 4.21. The molecule has 4 aromatic rings. The first-order valence-electron chi connectivity index (χ1n) is 7.54. The van der Waals surface area contributed by atoms with Crippen LogP contribution in [0, 0.1) is 0 Å². The van der Waals surface area contributed by atoms with Gasteiger partial charge in [-0.25, -0.2) is 0 Å². The summed E-state index contributed by atoms with van der Waals surface area (Å²) in [4.78, 5) is 0.717. The summed E-state index contributed by atoms with van der Waals surface area (Å²) in [5.41, 5.74) is 1.80. The molecule has 0 bridgehead atoms. The first kappa shape index (κ1) is 15.8. The molecule has 0 amide bonds. The molecule has 4 rings (SSSR count). The number of nitrogens with zero attached hydrogens (tertiary/aromatic N) is 4. The minimum absolute atomic E-state index is 0.621. The van der Waals surface area contributed by atoms with Crippen LogP contribution in [0.4, 0.5) is 0 Å². The highest BCUT2D eigenvalue weighted by atomic mass is 35.5. The first-order valence-corrected chi connectivity index (χ1v) is 8.74. The third kappa shape index (κ3) is 3.01. The van der Waals surface area contributed by atoms with Gasteiger partial charge in [-0.15, -0.1) is 10.2 Å². The SMILES string of the molecule is COc1ccccc1/C=C\c1nn2c(-c3ccccc3Cl)nnc2s1. The maximum absolute atomic E-state index is 6.26. The van der Waals surface area contributed by atoms with Crippen molar-refractivity contribution in [3.8, 4) is 17.1 Å². The molecule has 0 saturated carbocycles. The van der Waals surface area contributed by atoms with Crippen molar-refractivity contribution in [3.05, 3.63) is 64.1 Å². The van der Waals surface area contributed by atoms with E-state index in [0.717, 1.165) is 26.8 Å². The zero-order valence-electron chi connectivity index (χ0n) is 13.3. The Bertz CT molecular complexity index is 1070. The predicted octanol–water partition coefficient (Wildman–Crippen LogP) is 4.69. The standard InChI is InChI=1S/C18H13ClN4OS/c1-24-15-9-5-2-6-12(15)10-11-16-22-23-17(20-21-18(23)25-16)13-7-3-4-8-14(13)19/h2-11H,1H3/b11-10-. The largest absolute Gasteiger partial charge is 0.496 e. The quantitative estimate of drug-likeness (QED) is 0.524. The van der Waals surface area contributed by atoms with E-state index in [1.54, 1.807) is 11.6 Å². The Morgan fingerprint density at radius 3 is 2.68 bits per heavy atom. The van der Waals surface area contributed by atoms with Crippen LogP contribution >= 0.6 is 22.9 Å². The number of halogens is 1. The number of ether oxygens (including phenoxy) is 1. The third-order valence-electron chi connectivity index (χ3n) is 3.67. The molecule has 2 aromatic carbocycles. The molecule has 0 aliphatic heterocycles. The summed E-state index contributed by atoms with van der Waals surface area (Å²) in [6.45, 7) is 0. The predicted molar refractivity (Wildman–Crippen MR) is 101 cm³/mol. The summed E-state index contributed by atoms with van der Waals surface area (Å²) < 4.78 is 7.07. The normalized spacial score (nSPS) is 11.4. The number of fused-ring (bicyclic) bond motifs is 1. The van der Waals surface area contributed by atoms with E-state index < -0.39 is 0 Å². The zero-order valence-corrected chi connectivity index (χ0v) is 14.8. The van der Waals surface area contributed by atoms with Crippen LogP contribution in [-0.4, -0.2) is 26.9 Å². The molecular formula is C18H13ClN4OS. The lowest BCUT2D eigenvalue weighted by atomic mass is 10.2. The molecule has 124 valence electrons. The minimum atomic E-state index is 0.621. The number of hydrogen-bond donors (Lipinski definition) is 0. The van der Waals surface area contributed by atoms with E-state index >= 15 is 0 Å². The fourth-order valence-electron chi connectivity index (χ4n) is 2.47. The van der Waals surface area contributed by atoms with Gasteiger partial charge in [0.15, 0.2) is 5.82 Å².